The van der Waals surface area contributed by atoms with Gasteiger partial charge in [0.1, 0.15) is 24.2 Å². The zero-order chi connectivity index (χ0) is 27.2. The highest BCUT2D eigenvalue weighted by molar-refractivity contribution is 7.90. The first-order valence-electron chi connectivity index (χ1n) is 12.3. The lowest BCUT2D eigenvalue weighted by molar-refractivity contribution is -0.139. The number of hydrogen-bond acceptors (Lipinski definition) is 4. The summed E-state index contributed by atoms with van der Waals surface area (Å²) in [6, 6.07) is 10.0. The number of para-hydroxylation sites is 1. The summed E-state index contributed by atoms with van der Waals surface area (Å²) in [5, 5.41) is 2.97. The molecule has 11 heteroatoms. The van der Waals surface area contributed by atoms with Crippen LogP contribution in [0.1, 0.15) is 44.6 Å². The average Bonchev–Trinajstić information content (AvgIpc) is 2.87. The van der Waals surface area contributed by atoms with Crippen LogP contribution in [0.2, 0.25) is 0 Å². The standard InChI is InChI=1S/C26H34F2N4O4S/c1-19(26(34)29-21-12-5-4-6-13-21)31(17-20-11-7-8-14-22(20)27)25(33)18-32(37(35,36)30(2)3)24-16-10-9-15-23(24)28/h7-11,14-16,19,21H,4-6,12-13,17-18H2,1-3H3,(H,29,34)/t19-/m0/s1. The molecule has 3 rings (SSSR count). The molecule has 2 amide bonds. The second-order valence-corrected chi connectivity index (χ2v) is 11.4. The fourth-order valence-electron chi connectivity index (χ4n) is 4.32. The Morgan fingerprint density at radius 1 is 0.973 bits per heavy atom. The largest absolute Gasteiger partial charge is 0.352 e. The summed E-state index contributed by atoms with van der Waals surface area (Å²) < 4.78 is 56.9. The van der Waals surface area contributed by atoms with Crippen molar-refractivity contribution < 1.29 is 26.8 Å². The third-order valence-electron chi connectivity index (χ3n) is 6.56. The Morgan fingerprint density at radius 3 is 2.16 bits per heavy atom. The molecule has 0 aromatic heterocycles. The number of benzene rings is 2. The minimum atomic E-state index is -4.29. The van der Waals surface area contributed by atoms with E-state index in [1.807, 2.05) is 0 Å². The van der Waals surface area contributed by atoms with Crippen LogP contribution in [0, 0.1) is 11.6 Å². The van der Waals surface area contributed by atoms with Gasteiger partial charge in [0, 0.05) is 32.2 Å². The van der Waals surface area contributed by atoms with Crippen molar-refractivity contribution in [3.8, 4) is 0 Å². The third-order valence-corrected chi connectivity index (χ3v) is 8.36. The zero-order valence-electron chi connectivity index (χ0n) is 21.4. The van der Waals surface area contributed by atoms with Crippen molar-refractivity contribution in [2.45, 2.75) is 57.7 Å². The highest BCUT2D eigenvalue weighted by Crippen LogP contribution is 2.24. The van der Waals surface area contributed by atoms with Crippen molar-refractivity contribution >= 4 is 27.7 Å². The molecule has 1 atom stereocenters. The molecule has 0 radical (unpaired) electrons. The van der Waals surface area contributed by atoms with Crippen LogP contribution >= 0.6 is 0 Å². The molecular formula is C26H34F2N4O4S. The molecule has 0 spiro atoms. The van der Waals surface area contributed by atoms with E-state index in [0.717, 1.165) is 47.4 Å². The Bertz CT molecular complexity index is 1200. The molecule has 1 fully saturated rings. The Labute approximate surface area is 217 Å². The average molecular weight is 537 g/mol. The third kappa shape index (κ3) is 7.04. The summed E-state index contributed by atoms with van der Waals surface area (Å²) in [7, 11) is -1.75. The van der Waals surface area contributed by atoms with Gasteiger partial charge in [-0.1, -0.05) is 49.6 Å². The maximum Gasteiger partial charge on any atom is 0.304 e. The molecule has 8 nitrogen and oxygen atoms in total. The maximum atomic E-state index is 14.7. The Kier molecular flexibility index (Phi) is 9.61. The monoisotopic (exact) mass is 536 g/mol. The fourth-order valence-corrected chi connectivity index (χ4v) is 5.38. The van der Waals surface area contributed by atoms with Gasteiger partial charge in [0.2, 0.25) is 11.8 Å². The van der Waals surface area contributed by atoms with Gasteiger partial charge in [-0.05, 0) is 38.0 Å². The molecule has 2 aromatic rings. The summed E-state index contributed by atoms with van der Waals surface area (Å²) in [5.74, 6) is -2.58. The highest BCUT2D eigenvalue weighted by atomic mass is 32.2. The van der Waals surface area contributed by atoms with Crippen molar-refractivity contribution in [1.82, 2.24) is 14.5 Å². The van der Waals surface area contributed by atoms with Crippen LogP contribution in [0.5, 0.6) is 0 Å². The number of nitrogens with zero attached hydrogens (tertiary/aromatic N) is 3. The SMILES string of the molecule is C[C@@H](C(=O)NC1CCCCC1)N(Cc1ccccc1F)C(=O)CN(c1ccccc1F)S(=O)(=O)N(C)C. The predicted octanol–water partition coefficient (Wildman–Crippen LogP) is 3.44. The van der Waals surface area contributed by atoms with Crippen molar-refractivity contribution in [1.29, 1.82) is 0 Å². The number of carbonyl (C=O) groups excluding carboxylic acids is 2. The smallest absolute Gasteiger partial charge is 0.304 e. The van der Waals surface area contributed by atoms with E-state index in [9.17, 15) is 26.8 Å². The lowest BCUT2D eigenvalue weighted by Crippen LogP contribution is -2.54. The molecule has 0 unspecified atom stereocenters. The number of carbonyl (C=O) groups is 2. The van der Waals surface area contributed by atoms with Crippen LogP contribution in [0.3, 0.4) is 0 Å². The van der Waals surface area contributed by atoms with E-state index in [1.165, 1.54) is 57.4 Å². The van der Waals surface area contributed by atoms with E-state index >= 15 is 0 Å². The van der Waals surface area contributed by atoms with Gasteiger partial charge in [0.05, 0.1) is 5.69 Å². The van der Waals surface area contributed by atoms with E-state index in [1.54, 1.807) is 6.07 Å². The van der Waals surface area contributed by atoms with Crippen molar-refractivity contribution in [2.24, 2.45) is 0 Å². The number of nitrogens with one attached hydrogen (secondary N) is 1. The summed E-state index contributed by atoms with van der Waals surface area (Å²) in [5.41, 5.74) is -0.143. The lowest BCUT2D eigenvalue weighted by Gasteiger charge is -2.34. The van der Waals surface area contributed by atoms with E-state index in [4.69, 9.17) is 0 Å². The molecule has 37 heavy (non-hydrogen) atoms. The fraction of sp³-hybridized carbons (Fsp3) is 0.462. The topological polar surface area (TPSA) is 90.0 Å². The highest BCUT2D eigenvalue weighted by Gasteiger charge is 2.34. The van der Waals surface area contributed by atoms with Crippen LogP contribution in [0.15, 0.2) is 48.5 Å². The molecule has 202 valence electrons. The van der Waals surface area contributed by atoms with Gasteiger partial charge in [-0.3, -0.25) is 9.59 Å². The van der Waals surface area contributed by atoms with Crippen molar-refractivity contribution in [3.05, 3.63) is 65.7 Å². The summed E-state index contributed by atoms with van der Waals surface area (Å²) in [6.45, 7) is 0.472. The summed E-state index contributed by atoms with van der Waals surface area (Å²) in [6.07, 6.45) is 4.77. The summed E-state index contributed by atoms with van der Waals surface area (Å²) >= 11 is 0. The molecule has 2 aromatic carbocycles. The number of amides is 2. The molecule has 0 bridgehead atoms. The molecule has 0 heterocycles. The minimum absolute atomic E-state index is 0.0156. The van der Waals surface area contributed by atoms with Crippen LogP contribution in [-0.2, 0) is 26.3 Å². The molecule has 1 aliphatic carbocycles. The lowest BCUT2D eigenvalue weighted by atomic mass is 9.95. The number of halogens is 2. The molecule has 1 aliphatic rings. The zero-order valence-corrected chi connectivity index (χ0v) is 22.2. The van der Waals surface area contributed by atoms with Crippen molar-refractivity contribution in [2.75, 3.05) is 24.9 Å². The van der Waals surface area contributed by atoms with E-state index in [-0.39, 0.29) is 23.8 Å². The first-order valence-corrected chi connectivity index (χ1v) is 13.7. The first kappa shape index (κ1) is 28.5. The minimum Gasteiger partial charge on any atom is -0.352 e. The van der Waals surface area contributed by atoms with Gasteiger partial charge in [-0.15, -0.1) is 0 Å². The Balaban J connectivity index is 1.94. The number of rotatable bonds is 10. The van der Waals surface area contributed by atoms with E-state index < -0.39 is 46.2 Å². The van der Waals surface area contributed by atoms with E-state index in [0.29, 0.717) is 4.31 Å². The van der Waals surface area contributed by atoms with Gasteiger partial charge >= 0.3 is 10.2 Å². The Hall–Kier alpha value is -3.05. The van der Waals surface area contributed by atoms with Gasteiger partial charge in [-0.2, -0.15) is 12.7 Å². The molecule has 0 aliphatic heterocycles. The van der Waals surface area contributed by atoms with Crippen LogP contribution < -0.4 is 9.62 Å². The predicted molar refractivity (Wildman–Crippen MR) is 138 cm³/mol. The second kappa shape index (κ2) is 12.5. The van der Waals surface area contributed by atoms with Gasteiger partial charge in [-0.25, -0.2) is 13.1 Å². The van der Waals surface area contributed by atoms with Crippen LogP contribution in [0.4, 0.5) is 14.5 Å². The van der Waals surface area contributed by atoms with E-state index in [2.05, 4.69) is 5.32 Å². The summed E-state index contributed by atoms with van der Waals surface area (Å²) in [4.78, 5) is 27.9. The van der Waals surface area contributed by atoms with Gasteiger partial charge < -0.3 is 10.2 Å². The molecular weight excluding hydrogens is 502 g/mol. The first-order chi connectivity index (χ1) is 17.5. The van der Waals surface area contributed by atoms with Crippen LogP contribution in [-0.4, -0.2) is 62.2 Å². The quantitative estimate of drug-likeness (QED) is 0.504. The normalized spacial score (nSPS) is 15.3. The molecule has 0 saturated heterocycles. The number of anilines is 1. The maximum absolute atomic E-state index is 14.7. The molecule has 1 saturated carbocycles. The Morgan fingerprint density at radius 2 is 1.57 bits per heavy atom. The van der Waals surface area contributed by atoms with Crippen LogP contribution in [0.25, 0.3) is 0 Å². The molecule has 1 N–H and O–H groups in total. The van der Waals surface area contributed by atoms with Gasteiger partial charge in [0.25, 0.3) is 0 Å². The second-order valence-electron chi connectivity index (χ2n) is 9.38. The van der Waals surface area contributed by atoms with Crippen molar-refractivity contribution in [3.63, 3.8) is 0 Å². The number of hydrogen-bond donors (Lipinski definition) is 1. The van der Waals surface area contributed by atoms with Gasteiger partial charge in [0.15, 0.2) is 0 Å².